The summed E-state index contributed by atoms with van der Waals surface area (Å²) in [6, 6.07) is 0. The van der Waals surface area contributed by atoms with Crippen LogP contribution >= 0.6 is 57.5 Å². The Hall–Kier alpha value is 1.58. The van der Waals surface area contributed by atoms with Crippen LogP contribution < -0.4 is 11.5 Å². The molecule has 0 spiro atoms. The zero-order valence-electron chi connectivity index (χ0n) is 7.74. The first-order valence-electron chi connectivity index (χ1n) is 3.97. The van der Waals surface area contributed by atoms with Gasteiger partial charge in [0.1, 0.15) is 0 Å². The van der Waals surface area contributed by atoms with Gasteiger partial charge in [-0.2, -0.15) is 23.5 Å². The normalized spacial score (nSPS) is 8.77. The quantitative estimate of drug-likeness (QED) is 0.653. The van der Waals surface area contributed by atoms with Gasteiger partial charge in [-0.25, -0.2) is 0 Å². The molecule has 0 heterocycles. The average Bonchev–Trinajstić information content (AvgIpc) is 2.03. The van der Waals surface area contributed by atoms with Crippen molar-refractivity contribution in [1.82, 2.24) is 0 Å². The van der Waals surface area contributed by atoms with E-state index in [9.17, 15) is 0 Å². The van der Waals surface area contributed by atoms with Gasteiger partial charge in [0.15, 0.2) is 0 Å². The predicted molar refractivity (Wildman–Crippen MR) is 78.0 cm³/mol. The summed E-state index contributed by atoms with van der Waals surface area (Å²) in [6.07, 6.45) is 1.29. The van der Waals surface area contributed by atoms with Gasteiger partial charge < -0.3 is 11.5 Å². The fourth-order valence-electron chi connectivity index (χ4n) is 0.634. The molecule has 0 bridgehead atoms. The van der Waals surface area contributed by atoms with Crippen molar-refractivity contribution >= 4 is 57.5 Å². The Morgan fingerprint density at radius 3 is 1.38 bits per heavy atom. The number of thioether (sulfide) groups is 2. The van der Waals surface area contributed by atoms with Crippen molar-refractivity contribution in [3.63, 3.8) is 0 Å². The molecule has 0 aliphatic carbocycles. The molecule has 2 nitrogen and oxygen atoms in total. The third kappa shape index (κ3) is 19.8. The number of hydrogen-bond donors (Lipinski definition) is 2. The van der Waals surface area contributed by atoms with E-state index in [4.69, 9.17) is 11.5 Å². The van der Waals surface area contributed by atoms with Crippen LogP contribution in [-0.2, 0) is 0 Å². The summed E-state index contributed by atoms with van der Waals surface area (Å²) < 4.78 is 0. The Bertz CT molecular complexity index is 71.5. The maximum Gasteiger partial charge on any atom is 0.00558 e. The summed E-state index contributed by atoms with van der Waals surface area (Å²) in [7, 11) is 0. The zero-order valence-corrected chi connectivity index (χ0v) is 12.8. The van der Waals surface area contributed by atoms with E-state index in [-0.39, 0.29) is 34.0 Å². The highest BCUT2D eigenvalue weighted by Crippen LogP contribution is 2.06. The van der Waals surface area contributed by atoms with Gasteiger partial charge in [0.05, 0.1) is 0 Å². The van der Waals surface area contributed by atoms with Crippen LogP contribution in [-0.4, -0.2) is 36.1 Å². The summed E-state index contributed by atoms with van der Waals surface area (Å²) in [5.74, 6) is 4.69. The van der Waals surface area contributed by atoms with E-state index in [0.717, 1.165) is 24.6 Å². The second-order valence-electron chi connectivity index (χ2n) is 2.16. The molecule has 0 rings (SSSR count). The largest absolute Gasteiger partial charge is 0.330 e. The Morgan fingerprint density at radius 1 is 0.692 bits per heavy atom. The first kappa shape index (κ1) is 20.1. The molecule has 0 fully saturated rings. The lowest BCUT2D eigenvalue weighted by molar-refractivity contribution is 1.09. The van der Waals surface area contributed by atoms with Crippen LogP contribution in [0.15, 0.2) is 0 Å². The molecule has 0 amide bonds. The molecule has 0 radical (unpaired) electrons. The lowest BCUT2D eigenvalue weighted by Crippen LogP contribution is -2.03. The molecule has 6 heteroatoms. The van der Waals surface area contributed by atoms with Crippen LogP contribution in [0.1, 0.15) is 6.42 Å². The lowest BCUT2D eigenvalue weighted by Gasteiger charge is -1.99. The minimum atomic E-state index is 0. The van der Waals surface area contributed by atoms with Crippen LogP contribution in [0.2, 0.25) is 0 Å². The van der Waals surface area contributed by atoms with Gasteiger partial charge in [-0.1, -0.05) is 0 Å². The molecule has 0 aliphatic heterocycles. The summed E-state index contributed by atoms with van der Waals surface area (Å²) >= 11 is 3.88. The summed E-state index contributed by atoms with van der Waals surface area (Å²) in [4.78, 5) is 0. The van der Waals surface area contributed by atoms with Crippen molar-refractivity contribution in [3.8, 4) is 0 Å². The molecule has 0 aromatic rings. The highest BCUT2D eigenvalue weighted by atomic mass is 79.9. The third-order valence-corrected chi connectivity index (χ3v) is 3.31. The monoisotopic (exact) mass is 354 g/mol. The minimum absolute atomic E-state index is 0. The first-order valence-corrected chi connectivity index (χ1v) is 6.28. The topological polar surface area (TPSA) is 52.0 Å². The minimum Gasteiger partial charge on any atom is -0.330 e. The Labute approximate surface area is 111 Å². The van der Waals surface area contributed by atoms with E-state index in [0.29, 0.717) is 0 Å². The number of hydrogen-bond acceptors (Lipinski definition) is 4. The molecule has 0 saturated carbocycles. The molecule has 0 aliphatic rings. The van der Waals surface area contributed by atoms with Crippen LogP contribution in [0.4, 0.5) is 0 Å². The van der Waals surface area contributed by atoms with Gasteiger partial charge in [0, 0.05) is 24.6 Å². The lowest BCUT2D eigenvalue weighted by atomic mass is 10.6. The van der Waals surface area contributed by atoms with Crippen LogP contribution in [0, 0.1) is 0 Å². The summed E-state index contributed by atoms with van der Waals surface area (Å²) in [5.41, 5.74) is 10.7. The number of nitrogens with two attached hydrogens (primary N) is 2. The van der Waals surface area contributed by atoms with E-state index < -0.39 is 0 Å². The van der Waals surface area contributed by atoms with Gasteiger partial charge in [-0.05, 0) is 17.9 Å². The van der Waals surface area contributed by atoms with Gasteiger partial charge in [0.25, 0.3) is 0 Å². The van der Waals surface area contributed by atoms with Crippen molar-refractivity contribution < 1.29 is 0 Å². The second kappa shape index (κ2) is 19.2. The molecule has 0 aromatic carbocycles. The Kier molecular flexibility index (Phi) is 29.6. The van der Waals surface area contributed by atoms with Crippen LogP contribution in [0.25, 0.3) is 0 Å². The standard InChI is InChI=1S/C7H18N2S2.2BrH/c8-2-6-10-4-1-5-11-7-3-9;;/h1-9H2;2*1H. The fourth-order valence-corrected chi connectivity index (χ4v) is 2.26. The molecule has 0 saturated heterocycles. The molecule has 0 unspecified atom stereocenters. The number of rotatable bonds is 8. The maximum atomic E-state index is 5.35. The zero-order chi connectivity index (χ0) is 8.36. The van der Waals surface area contributed by atoms with Crippen LogP contribution in [0.5, 0.6) is 0 Å². The van der Waals surface area contributed by atoms with Crippen LogP contribution in [0.3, 0.4) is 0 Å². The van der Waals surface area contributed by atoms with E-state index in [1.54, 1.807) is 0 Å². The molecule has 0 atom stereocenters. The van der Waals surface area contributed by atoms with E-state index in [1.807, 2.05) is 23.5 Å². The SMILES string of the molecule is Br.Br.NCCSCCCSCCN. The van der Waals surface area contributed by atoms with Gasteiger partial charge in [-0.15, -0.1) is 34.0 Å². The van der Waals surface area contributed by atoms with Crippen molar-refractivity contribution in [2.24, 2.45) is 11.5 Å². The van der Waals surface area contributed by atoms with E-state index in [2.05, 4.69) is 0 Å². The average molecular weight is 356 g/mol. The van der Waals surface area contributed by atoms with Crippen molar-refractivity contribution in [2.75, 3.05) is 36.1 Å². The predicted octanol–water partition coefficient (Wildman–Crippen LogP) is 1.92. The molecule has 13 heavy (non-hydrogen) atoms. The smallest absolute Gasteiger partial charge is 0.00558 e. The van der Waals surface area contributed by atoms with Crippen molar-refractivity contribution in [3.05, 3.63) is 0 Å². The van der Waals surface area contributed by atoms with Crippen molar-refractivity contribution in [1.29, 1.82) is 0 Å². The van der Waals surface area contributed by atoms with Crippen molar-refractivity contribution in [2.45, 2.75) is 6.42 Å². The third-order valence-electron chi connectivity index (χ3n) is 1.10. The molecular weight excluding hydrogens is 336 g/mol. The first-order chi connectivity index (χ1) is 5.41. The van der Waals surface area contributed by atoms with E-state index in [1.165, 1.54) is 17.9 Å². The Morgan fingerprint density at radius 2 is 1.08 bits per heavy atom. The molecular formula is C7H20Br2N2S2. The number of halogens is 2. The maximum absolute atomic E-state index is 5.35. The van der Waals surface area contributed by atoms with Gasteiger partial charge >= 0.3 is 0 Å². The molecule has 4 N–H and O–H groups in total. The molecule has 0 aromatic heterocycles. The second-order valence-corrected chi connectivity index (χ2v) is 4.61. The van der Waals surface area contributed by atoms with Gasteiger partial charge in [-0.3, -0.25) is 0 Å². The fraction of sp³-hybridized carbons (Fsp3) is 1.00. The Balaban J connectivity index is -0.000000500. The highest BCUT2D eigenvalue weighted by Gasteiger charge is 1.89. The molecule has 84 valence electrons. The van der Waals surface area contributed by atoms with E-state index >= 15 is 0 Å². The summed E-state index contributed by atoms with van der Waals surface area (Å²) in [5, 5.41) is 0. The highest BCUT2D eigenvalue weighted by molar-refractivity contribution is 8.93. The summed E-state index contributed by atoms with van der Waals surface area (Å²) in [6.45, 7) is 1.61. The van der Waals surface area contributed by atoms with Gasteiger partial charge in [0.2, 0.25) is 0 Å².